The number of piperidine rings is 1. The van der Waals surface area contributed by atoms with Gasteiger partial charge in [-0.15, -0.1) is 0 Å². The van der Waals surface area contributed by atoms with Gasteiger partial charge in [-0.2, -0.15) is 0 Å². The molecule has 1 aromatic carbocycles. The van der Waals surface area contributed by atoms with Gasteiger partial charge in [0.25, 0.3) is 0 Å². The SMILES string of the molecule is C=CC(=O)N1CCC(C(=O)NC2COC2)(c2ccccc2)CC1. The Kier molecular flexibility index (Phi) is 4.48. The molecule has 2 heterocycles. The Labute approximate surface area is 136 Å². The molecule has 1 aromatic rings. The van der Waals surface area contributed by atoms with Gasteiger partial charge in [0.15, 0.2) is 0 Å². The van der Waals surface area contributed by atoms with E-state index >= 15 is 0 Å². The molecule has 23 heavy (non-hydrogen) atoms. The van der Waals surface area contributed by atoms with Crippen molar-refractivity contribution in [2.24, 2.45) is 0 Å². The van der Waals surface area contributed by atoms with E-state index in [1.165, 1.54) is 6.08 Å². The molecule has 0 radical (unpaired) electrons. The number of nitrogens with zero attached hydrogens (tertiary/aromatic N) is 1. The number of carbonyl (C=O) groups is 2. The molecule has 2 aliphatic heterocycles. The maximum absolute atomic E-state index is 13.0. The predicted molar refractivity (Wildman–Crippen MR) is 86.9 cm³/mol. The molecule has 2 fully saturated rings. The van der Waals surface area contributed by atoms with E-state index in [4.69, 9.17) is 4.74 Å². The molecular weight excluding hydrogens is 292 g/mol. The molecule has 0 atom stereocenters. The Morgan fingerprint density at radius 1 is 1.22 bits per heavy atom. The monoisotopic (exact) mass is 314 g/mol. The van der Waals surface area contributed by atoms with Crippen LogP contribution in [0.4, 0.5) is 0 Å². The van der Waals surface area contributed by atoms with E-state index in [0.717, 1.165) is 5.56 Å². The van der Waals surface area contributed by atoms with Crippen LogP contribution in [0.2, 0.25) is 0 Å². The summed E-state index contributed by atoms with van der Waals surface area (Å²) in [5.41, 5.74) is 0.442. The van der Waals surface area contributed by atoms with Crippen LogP contribution in [0.1, 0.15) is 18.4 Å². The van der Waals surface area contributed by atoms with Crippen molar-refractivity contribution in [1.82, 2.24) is 10.2 Å². The highest BCUT2D eigenvalue weighted by Gasteiger charge is 2.44. The fourth-order valence-electron chi connectivity index (χ4n) is 3.28. The first kappa shape index (κ1) is 15.7. The molecule has 0 aliphatic carbocycles. The third-order valence-electron chi connectivity index (χ3n) is 4.84. The fraction of sp³-hybridized carbons (Fsp3) is 0.444. The summed E-state index contributed by atoms with van der Waals surface area (Å²) in [6, 6.07) is 9.97. The zero-order chi connectivity index (χ0) is 16.3. The summed E-state index contributed by atoms with van der Waals surface area (Å²) in [4.78, 5) is 26.5. The molecule has 0 unspecified atom stereocenters. The molecule has 5 nitrogen and oxygen atoms in total. The summed E-state index contributed by atoms with van der Waals surface area (Å²) in [6.45, 7) is 5.83. The Balaban J connectivity index is 1.82. The van der Waals surface area contributed by atoms with Crippen molar-refractivity contribution in [2.45, 2.75) is 24.3 Å². The normalized spacial score (nSPS) is 20.4. The van der Waals surface area contributed by atoms with Crippen LogP contribution in [-0.4, -0.2) is 49.1 Å². The maximum atomic E-state index is 13.0. The van der Waals surface area contributed by atoms with Crippen LogP contribution in [0.25, 0.3) is 0 Å². The number of carbonyl (C=O) groups excluding carboxylic acids is 2. The number of hydrogen-bond acceptors (Lipinski definition) is 3. The number of likely N-dealkylation sites (tertiary alicyclic amines) is 1. The quantitative estimate of drug-likeness (QED) is 0.851. The van der Waals surface area contributed by atoms with Crippen molar-refractivity contribution in [3.8, 4) is 0 Å². The van der Waals surface area contributed by atoms with E-state index in [1.807, 2.05) is 30.3 Å². The van der Waals surface area contributed by atoms with Crippen molar-refractivity contribution in [3.63, 3.8) is 0 Å². The van der Waals surface area contributed by atoms with Crippen LogP contribution in [-0.2, 0) is 19.7 Å². The zero-order valence-corrected chi connectivity index (χ0v) is 13.2. The van der Waals surface area contributed by atoms with Crippen LogP contribution < -0.4 is 5.32 Å². The van der Waals surface area contributed by atoms with Gasteiger partial charge >= 0.3 is 0 Å². The second kappa shape index (κ2) is 6.54. The molecule has 2 aliphatic rings. The lowest BCUT2D eigenvalue weighted by Crippen LogP contribution is -2.58. The number of benzene rings is 1. The summed E-state index contributed by atoms with van der Waals surface area (Å²) >= 11 is 0. The summed E-state index contributed by atoms with van der Waals surface area (Å²) in [6.07, 6.45) is 2.58. The van der Waals surface area contributed by atoms with Crippen molar-refractivity contribution in [1.29, 1.82) is 0 Å². The van der Waals surface area contributed by atoms with Crippen LogP contribution >= 0.6 is 0 Å². The topological polar surface area (TPSA) is 58.6 Å². The minimum absolute atomic E-state index is 0.0442. The fourth-order valence-corrected chi connectivity index (χ4v) is 3.28. The molecule has 0 spiro atoms. The van der Waals surface area contributed by atoms with Crippen molar-refractivity contribution >= 4 is 11.8 Å². The van der Waals surface area contributed by atoms with Gasteiger partial charge in [-0.1, -0.05) is 36.9 Å². The zero-order valence-electron chi connectivity index (χ0n) is 13.2. The highest BCUT2D eigenvalue weighted by atomic mass is 16.5. The highest BCUT2D eigenvalue weighted by Crippen LogP contribution is 2.36. The third kappa shape index (κ3) is 3.01. The second-order valence-electron chi connectivity index (χ2n) is 6.19. The second-order valence-corrected chi connectivity index (χ2v) is 6.19. The Hall–Kier alpha value is -2.14. The van der Waals surface area contributed by atoms with E-state index in [0.29, 0.717) is 39.1 Å². The minimum Gasteiger partial charge on any atom is -0.377 e. The van der Waals surface area contributed by atoms with E-state index in [1.54, 1.807) is 4.90 Å². The lowest BCUT2D eigenvalue weighted by molar-refractivity contribution is -0.136. The van der Waals surface area contributed by atoms with Gasteiger partial charge in [0.05, 0.1) is 24.7 Å². The molecule has 0 bridgehead atoms. The van der Waals surface area contributed by atoms with Crippen LogP contribution in [0, 0.1) is 0 Å². The average molecular weight is 314 g/mol. The molecule has 1 N–H and O–H groups in total. The Morgan fingerprint density at radius 3 is 2.39 bits per heavy atom. The molecule has 5 heteroatoms. The third-order valence-corrected chi connectivity index (χ3v) is 4.84. The van der Waals surface area contributed by atoms with Gasteiger partial charge in [0.1, 0.15) is 0 Å². The minimum atomic E-state index is -0.575. The molecule has 2 saturated heterocycles. The van der Waals surface area contributed by atoms with E-state index in [2.05, 4.69) is 11.9 Å². The summed E-state index contributed by atoms with van der Waals surface area (Å²) in [5.74, 6) is -0.0258. The van der Waals surface area contributed by atoms with Crippen LogP contribution in [0.3, 0.4) is 0 Å². The number of rotatable bonds is 4. The Morgan fingerprint density at radius 2 is 1.87 bits per heavy atom. The van der Waals surface area contributed by atoms with E-state index < -0.39 is 5.41 Å². The summed E-state index contributed by atoms with van der Waals surface area (Å²) < 4.78 is 5.15. The molecule has 0 aromatic heterocycles. The van der Waals surface area contributed by atoms with Crippen LogP contribution in [0.5, 0.6) is 0 Å². The first-order valence-corrected chi connectivity index (χ1v) is 8.01. The van der Waals surface area contributed by atoms with Crippen molar-refractivity contribution in [3.05, 3.63) is 48.6 Å². The molecular formula is C18H22N2O3. The number of nitrogens with one attached hydrogen (secondary N) is 1. The van der Waals surface area contributed by atoms with Gasteiger partial charge in [0.2, 0.25) is 11.8 Å². The lowest BCUT2D eigenvalue weighted by Gasteiger charge is -2.42. The summed E-state index contributed by atoms with van der Waals surface area (Å²) in [7, 11) is 0. The van der Waals surface area contributed by atoms with Crippen molar-refractivity contribution < 1.29 is 14.3 Å². The van der Waals surface area contributed by atoms with Crippen LogP contribution in [0.15, 0.2) is 43.0 Å². The van der Waals surface area contributed by atoms with Crippen molar-refractivity contribution in [2.75, 3.05) is 26.3 Å². The smallest absolute Gasteiger partial charge is 0.245 e. The largest absolute Gasteiger partial charge is 0.377 e. The first-order valence-electron chi connectivity index (χ1n) is 8.01. The molecule has 122 valence electrons. The van der Waals surface area contributed by atoms with Gasteiger partial charge in [-0.05, 0) is 24.5 Å². The standard InChI is InChI=1S/C18H22N2O3/c1-2-16(21)20-10-8-18(9-11-20,14-6-4-3-5-7-14)17(22)19-15-12-23-13-15/h2-7,15H,1,8-13H2,(H,19,22). The number of ether oxygens (including phenoxy) is 1. The molecule has 3 rings (SSSR count). The van der Waals surface area contributed by atoms with Gasteiger partial charge < -0.3 is 15.0 Å². The van der Waals surface area contributed by atoms with Gasteiger partial charge in [0, 0.05) is 13.1 Å². The van der Waals surface area contributed by atoms with E-state index in [-0.39, 0.29) is 17.9 Å². The van der Waals surface area contributed by atoms with Gasteiger partial charge in [-0.3, -0.25) is 9.59 Å². The number of amides is 2. The highest BCUT2D eigenvalue weighted by molar-refractivity contribution is 5.90. The maximum Gasteiger partial charge on any atom is 0.245 e. The lowest BCUT2D eigenvalue weighted by atomic mass is 9.71. The van der Waals surface area contributed by atoms with Gasteiger partial charge in [-0.25, -0.2) is 0 Å². The molecule has 2 amide bonds. The predicted octanol–water partition coefficient (Wildman–Crippen LogP) is 1.25. The van der Waals surface area contributed by atoms with E-state index in [9.17, 15) is 9.59 Å². The average Bonchev–Trinajstić information content (AvgIpc) is 2.58. The first-order chi connectivity index (χ1) is 11.2. The number of hydrogen-bond donors (Lipinski definition) is 1. The summed E-state index contributed by atoms with van der Waals surface area (Å²) in [5, 5.41) is 3.10. The Bertz CT molecular complexity index is 588. The molecule has 0 saturated carbocycles.